The summed E-state index contributed by atoms with van der Waals surface area (Å²) in [6, 6.07) is 0.643. The molecule has 1 fully saturated rings. The van der Waals surface area contributed by atoms with Crippen LogP contribution < -0.4 is 5.73 Å². The monoisotopic (exact) mass is 212 g/mol. The Balaban J connectivity index is 2.32. The Labute approximate surface area is 95.2 Å². The molecular weight excluding hydrogens is 184 g/mol. The topological polar surface area (TPSA) is 29.3 Å². The van der Waals surface area contributed by atoms with Gasteiger partial charge < -0.3 is 5.73 Å². The Morgan fingerprint density at radius 3 is 2.27 bits per heavy atom. The van der Waals surface area contributed by atoms with E-state index < -0.39 is 0 Å². The number of nitrogens with two attached hydrogens (primary N) is 1. The van der Waals surface area contributed by atoms with Crippen LogP contribution >= 0.6 is 0 Å². The van der Waals surface area contributed by atoms with Gasteiger partial charge in [-0.2, -0.15) is 0 Å². The highest BCUT2D eigenvalue weighted by molar-refractivity contribution is 4.84. The molecule has 2 N–H and O–H groups in total. The molecule has 0 saturated carbocycles. The number of hydrogen-bond donors (Lipinski definition) is 1. The molecule has 0 aromatic rings. The molecule has 1 heterocycles. The van der Waals surface area contributed by atoms with Gasteiger partial charge in [-0.25, -0.2) is 0 Å². The fourth-order valence-corrected chi connectivity index (χ4v) is 2.55. The highest BCUT2D eigenvalue weighted by Gasteiger charge is 2.29. The van der Waals surface area contributed by atoms with Crippen molar-refractivity contribution in [2.75, 3.05) is 19.6 Å². The minimum absolute atomic E-state index is 0.643. The maximum Gasteiger partial charge on any atom is 0.0218 e. The van der Waals surface area contributed by atoms with Gasteiger partial charge in [0.1, 0.15) is 0 Å². The standard InChI is InChI=1S/C13H28N2/c1-4-5-6-7-13(8-14)15-9-11(2)12(3)10-15/h11-13H,4-10,14H2,1-3H3. The van der Waals surface area contributed by atoms with Gasteiger partial charge in [0, 0.05) is 25.7 Å². The third kappa shape index (κ3) is 3.76. The first-order valence-corrected chi connectivity index (χ1v) is 6.63. The molecule has 2 nitrogen and oxygen atoms in total. The van der Waals surface area contributed by atoms with E-state index in [1.54, 1.807) is 0 Å². The van der Waals surface area contributed by atoms with Crippen LogP contribution in [0.15, 0.2) is 0 Å². The minimum atomic E-state index is 0.643. The van der Waals surface area contributed by atoms with E-state index in [-0.39, 0.29) is 0 Å². The lowest BCUT2D eigenvalue weighted by atomic mass is 10.0. The van der Waals surface area contributed by atoms with Crippen LogP contribution in [0.5, 0.6) is 0 Å². The Bertz CT molecular complexity index is 160. The molecule has 0 spiro atoms. The van der Waals surface area contributed by atoms with E-state index in [2.05, 4.69) is 25.7 Å². The van der Waals surface area contributed by atoms with Crippen LogP contribution in [0.25, 0.3) is 0 Å². The van der Waals surface area contributed by atoms with Crippen molar-refractivity contribution < 1.29 is 0 Å². The average Bonchev–Trinajstić information content (AvgIpc) is 2.54. The summed E-state index contributed by atoms with van der Waals surface area (Å²) in [6.07, 6.45) is 5.31. The van der Waals surface area contributed by atoms with E-state index >= 15 is 0 Å². The second kappa shape index (κ2) is 6.49. The van der Waals surface area contributed by atoms with E-state index in [4.69, 9.17) is 5.73 Å². The summed E-state index contributed by atoms with van der Waals surface area (Å²) in [7, 11) is 0. The van der Waals surface area contributed by atoms with Crippen molar-refractivity contribution >= 4 is 0 Å². The predicted molar refractivity (Wildman–Crippen MR) is 66.9 cm³/mol. The van der Waals surface area contributed by atoms with Crippen molar-refractivity contribution in [2.24, 2.45) is 17.6 Å². The lowest BCUT2D eigenvalue weighted by molar-refractivity contribution is 0.221. The fraction of sp³-hybridized carbons (Fsp3) is 1.00. The first-order chi connectivity index (χ1) is 7.19. The second-order valence-electron chi connectivity index (χ2n) is 5.29. The molecule has 90 valence electrons. The van der Waals surface area contributed by atoms with Crippen molar-refractivity contribution in [3.63, 3.8) is 0 Å². The first kappa shape index (κ1) is 13.0. The molecule has 0 radical (unpaired) electrons. The Hall–Kier alpha value is -0.0800. The summed E-state index contributed by atoms with van der Waals surface area (Å²) in [5, 5.41) is 0. The number of unbranched alkanes of at least 4 members (excludes halogenated alkanes) is 2. The quantitative estimate of drug-likeness (QED) is 0.685. The molecule has 3 unspecified atom stereocenters. The number of likely N-dealkylation sites (tertiary alicyclic amines) is 1. The molecule has 1 aliphatic heterocycles. The van der Waals surface area contributed by atoms with Gasteiger partial charge in [0.2, 0.25) is 0 Å². The molecular formula is C13H28N2. The van der Waals surface area contributed by atoms with Gasteiger partial charge in [-0.1, -0.05) is 40.0 Å². The summed E-state index contributed by atoms with van der Waals surface area (Å²) in [5.41, 5.74) is 5.88. The third-order valence-electron chi connectivity index (χ3n) is 3.95. The maximum atomic E-state index is 5.88. The van der Waals surface area contributed by atoms with Gasteiger partial charge in [-0.05, 0) is 18.3 Å². The molecule has 1 rings (SSSR count). The Kier molecular flexibility index (Phi) is 5.62. The number of nitrogens with zero attached hydrogens (tertiary/aromatic N) is 1. The molecule has 0 aliphatic carbocycles. The van der Waals surface area contributed by atoms with E-state index in [1.807, 2.05) is 0 Å². The summed E-state index contributed by atoms with van der Waals surface area (Å²) >= 11 is 0. The molecule has 0 amide bonds. The predicted octanol–water partition coefficient (Wildman–Crippen LogP) is 2.48. The summed E-state index contributed by atoms with van der Waals surface area (Å²) in [6.45, 7) is 10.3. The molecule has 1 aliphatic rings. The van der Waals surface area contributed by atoms with Crippen molar-refractivity contribution in [3.8, 4) is 0 Å². The maximum absolute atomic E-state index is 5.88. The van der Waals surface area contributed by atoms with Gasteiger partial charge >= 0.3 is 0 Å². The van der Waals surface area contributed by atoms with Gasteiger partial charge in [0.25, 0.3) is 0 Å². The Morgan fingerprint density at radius 2 is 1.80 bits per heavy atom. The average molecular weight is 212 g/mol. The zero-order valence-corrected chi connectivity index (χ0v) is 10.7. The highest BCUT2D eigenvalue weighted by Crippen LogP contribution is 2.25. The third-order valence-corrected chi connectivity index (χ3v) is 3.95. The normalized spacial score (nSPS) is 29.6. The van der Waals surface area contributed by atoms with Crippen LogP contribution in [0.1, 0.15) is 46.5 Å². The van der Waals surface area contributed by atoms with E-state index in [9.17, 15) is 0 Å². The van der Waals surface area contributed by atoms with Gasteiger partial charge in [0.05, 0.1) is 0 Å². The van der Waals surface area contributed by atoms with Crippen LogP contribution in [0.4, 0.5) is 0 Å². The molecule has 0 aromatic carbocycles. The summed E-state index contributed by atoms with van der Waals surface area (Å²) in [4.78, 5) is 2.62. The van der Waals surface area contributed by atoms with Crippen LogP contribution in [0.2, 0.25) is 0 Å². The lowest BCUT2D eigenvalue weighted by Crippen LogP contribution is -2.39. The van der Waals surface area contributed by atoms with Gasteiger partial charge in [-0.3, -0.25) is 4.90 Å². The van der Waals surface area contributed by atoms with E-state index in [1.165, 1.54) is 38.8 Å². The van der Waals surface area contributed by atoms with Crippen molar-refractivity contribution in [1.29, 1.82) is 0 Å². The fourth-order valence-electron chi connectivity index (χ4n) is 2.55. The molecule has 15 heavy (non-hydrogen) atoms. The molecule has 0 bridgehead atoms. The Morgan fingerprint density at radius 1 is 1.20 bits per heavy atom. The molecule has 1 saturated heterocycles. The molecule has 2 heteroatoms. The second-order valence-corrected chi connectivity index (χ2v) is 5.29. The number of hydrogen-bond acceptors (Lipinski definition) is 2. The molecule has 0 aromatic heterocycles. The van der Waals surface area contributed by atoms with Gasteiger partial charge in [0.15, 0.2) is 0 Å². The summed E-state index contributed by atoms with van der Waals surface area (Å²) < 4.78 is 0. The van der Waals surface area contributed by atoms with E-state index in [0.717, 1.165) is 18.4 Å². The van der Waals surface area contributed by atoms with Crippen LogP contribution in [-0.2, 0) is 0 Å². The van der Waals surface area contributed by atoms with E-state index in [0.29, 0.717) is 6.04 Å². The minimum Gasteiger partial charge on any atom is -0.329 e. The SMILES string of the molecule is CCCCCC(CN)N1CC(C)C(C)C1. The van der Waals surface area contributed by atoms with Crippen molar-refractivity contribution in [2.45, 2.75) is 52.5 Å². The van der Waals surface area contributed by atoms with Crippen molar-refractivity contribution in [1.82, 2.24) is 4.90 Å². The first-order valence-electron chi connectivity index (χ1n) is 6.63. The van der Waals surface area contributed by atoms with Gasteiger partial charge in [-0.15, -0.1) is 0 Å². The summed E-state index contributed by atoms with van der Waals surface area (Å²) in [5.74, 6) is 1.70. The van der Waals surface area contributed by atoms with Crippen LogP contribution in [0, 0.1) is 11.8 Å². The molecule has 3 atom stereocenters. The van der Waals surface area contributed by atoms with Crippen molar-refractivity contribution in [3.05, 3.63) is 0 Å². The highest BCUT2D eigenvalue weighted by atomic mass is 15.2. The lowest BCUT2D eigenvalue weighted by Gasteiger charge is -2.26. The number of rotatable bonds is 6. The van der Waals surface area contributed by atoms with Crippen LogP contribution in [-0.4, -0.2) is 30.6 Å². The largest absolute Gasteiger partial charge is 0.329 e. The zero-order chi connectivity index (χ0) is 11.3. The zero-order valence-electron chi connectivity index (χ0n) is 10.7. The van der Waals surface area contributed by atoms with Crippen LogP contribution in [0.3, 0.4) is 0 Å². The smallest absolute Gasteiger partial charge is 0.0218 e.